The molecule has 3 rings (SSSR count). The minimum absolute atomic E-state index is 0.0390. The zero-order chi connectivity index (χ0) is 16.3. The molecule has 1 aromatic carbocycles. The van der Waals surface area contributed by atoms with Crippen LogP contribution in [0.3, 0.4) is 0 Å². The molecule has 4 nitrogen and oxygen atoms in total. The average molecular weight is 379 g/mol. The van der Waals surface area contributed by atoms with E-state index in [0.717, 1.165) is 48.6 Å². The van der Waals surface area contributed by atoms with Crippen LogP contribution in [0.1, 0.15) is 50.5 Å². The van der Waals surface area contributed by atoms with Gasteiger partial charge in [-0.05, 0) is 49.8 Å². The fourth-order valence-corrected chi connectivity index (χ4v) is 3.73. The fourth-order valence-electron chi connectivity index (χ4n) is 3.47. The molecule has 1 heterocycles. The smallest absolute Gasteiger partial charge is 0.240 e. The molecule has 1 aliphatic heterocycles. The number of rotatable bonds is 4. The first-order valence-corrected chi connectivity index (χ1v) is 9.23. The fraction of sp³-hybridized carbons (Fsp3) is 0.556. The summed E-state index contributed by atoms with van der Waals surface area (Å²) in [6.45, 7) is 0.897. The van der Waals surface area contributed by atoms with Gasteiger partial charge in [0.1, 0.15) is 0 Å². The summed E-state index contributed by atoms with van der Waals surface area (Å²) in [6.07, 6.45) is 6.65. The summed E-state index contributed by atoms with van der Waals surface area (Å²) in [5.74, 6) is 0.0758. The normalized spacial score (nSPS) is 20.6. The number of hydrogen-bond donors (Lipinski definition) is 1. The Morgan fingerprint density at radius 3 is 2.52 bits per heavy atom. The third-order valence-corrected chi connectivity index (χ3v) is 5.52. The van der Waals surface area contributed by atoms with Crippen molar-refractivity contribution in [3.63, 3.8) is 0 Å². The van der Waals surface area contributed by atoms with Gasteiger partial charge in [-0.2, -0.15) is 0 Å². The van der Waals surface area contributed by atoms with Crippen LogP contribution >= 0.6 is 15.9 Å². The number of amides is 2. The summed E-state index contributed by atoms with van der Waals surface area (Å²) >= 11 is 3.45. The number of carbonyl (C=O) groups is 2. The molecule has 23 heavy (non-hydrogen) atoms. The lowest BCUT2D eigenvalue weighted by atomic mass is 9.72. The largest absolute Gasteiger partial charge is 0.345 e. The summed E-state index contributed by atoms with van der Waals surface area (Å²) in [5, 5.41) is 3.21. The number of carbonyl (C=O) groups excluding carboxylic acids is 2. The van der Waals surface area contributed by atoms with Gasteiger partial charge in [0.05, 0.1) is 12.1 Å². The predicted octanol–water partition coefficient (Wildman–Crippen LogP) is 3.35. The third-order valence-electron chi connectivity index (χ3n) is 4.99. The van der Waals surface area contributed by atoms with E-state index < -0.39 is 0 Å². The molecule has 0 bridgehead atoms. The number of hydrogen-bond acceptors (Lipinski definition) is 2. The monoisotopic (exact) mass is 378 g/mol. The van der Waals surface area contributed by atoms with E-state index in [2.05, 4.69) is 33.4 Å². The minimum atomic E-state index is -0.243. The highest BCUT2D eigenvalue weighted by atomic mass is 79.9. The van der Waals surface area contributed by atoms with Crippen LogP contribution in [0.4, 0.5) is 0 Å². The van der Waals surface area contributed by atoms with Gasteiger partial charge in [0.25, 0.3) is 0 Å². The van der Waals surface area contributed by atoms with Crippen molar-refractivity contribution < 1.29 is 9.59 Å². The molecule has 0 atom stereocenters. The first-order valence-electron chi connectivity index (χ1n) is 8.44. The van der Waals surface area contributed by atoms with E-state index in [4.69, 9.17) is 0 Å². The second kappa shape index (κ2) is 7.04. The van der Waals surface area contributed by atoms with Crippen molar-refractivity contribution in [3.8, 4) is 0 Å². The topological polar surface area (TPSA) is 49.4 Å². The van der Waals surface area contributed by atoms with Crippen molar-refractivity contribution in [1.29, 1.82) is 0 Å². The highest BCUT2D eigenvalue weighted by molar-refractivity contribution is 9.10. The Hall–Kier alpha value is -1.36. The Bertz CT molecular complexity index is 581. The van der Waals surface area contributed by atoms with Crippen molar-refractivity contribution in [2.75, 3.05) is 13.1 Å². The molecular formula is C18H23BrN2O2. The molecule has 1 saturated heterocycles. The van der Waals surface area contributed by atoms with Gasteiger partial charge in [0.15, 0.2) is 0 Å². The molecule has 0 unspecified atom stereocenters. The SMILES string of the molecule is O=C(CN1CCCCCC1=O)NC1(c2ccc(Br)cc2)CCC1. The molecule has 1 N–H and O–H groups in total. The molecular weight excluding hydrogens is 356 g/mol. The Labute approximate surface area is 145 Å². The van der Waals surface area contributed by atoms with Crippen LogP contribution in [0.5, 0.6) is 0 Å². The van der Waals surface area contributed by atoms with Gasteiger partial charge in [0.2, 0.25) is 11.8 Å². The van der Waals surface area contributed by atoms with Crippen molar-refractivity contribution in [3.05, 3.63) is 34.3 Å². The van der Waals surface area contributed by atoms with Crippen LogP contribution in [0.15, 0.2) is 28.7 Å². The van der Waals surface area contributed by atoms with Crippen LogP contribution in [-0.4, -0.2) is 29.8 Å². The molecule has 1 aliphatic carbocycles. The molecule has 124 valence electrons. The van der Waals surface area contributed by atoms with Crippen LogP contribution in [0.2, 0.25) is 0 Å². The number of nitrogens with zero attached hydrogens (tertiary/aromatic N) is 1. The van der Waals surface area contributed by atoms with E-state index >= 15 is 0 Å². The highest BCUT2D eigenvalue weighted by Crippen LogP contribution is 2.41. The molecule has 1 saturated carbocycles. The lowest BCUT2D eigenvalue weighted by molar-refractivity contribution is -0.136. The molecule has 0 aromatic heterocycles. The van der Waals surface area contributed by atoms with Gasteiger partial charge >= 0.3 is 0 Å². The van der Waals surface area contributed by atoms with Gasteiger partial charge in [-0.25, -0.2) is 0 Å². The second-order valence-electron chi connectivity index (χ2n) is 6.62. The van der Waals surface area contributed by atoms with Gasteiger partial charge < -0.3 is 10.2 Å². The number of halogens is 1. The second-order valence-corrected chi connectivity index (χ2v) is 7.53. The summed E-state index contributed by atoms with van der Waals surface area (Å²) in [6, 6.07) is 8.17. The summed E-state index contributed by atoms with van der Waals surface area (Å²) in [5.41, 5.74) is 0.912. The summed E-state index contributed by atoms with van der Waals surface area (Å²) < 4.78 is 1.04. The standard InChI is InChI=1S/C18H23BrN2O2/c19-15-8-6-14(7-9-15)18(10-4-11-18)20-16(22)13-21-12-3-1-2-5-17(21)23/h6-9H,1-5,10-13H2,(H,20,22). The third kappa shape index (κ3) is 3.77. The molecule has 2 fully saturated rings. The van der Waals surface area contributed by atoms with E-state index in [9.17, 15) is 9.59 Å². The lowest BCUT2D eigenvalue weighted by Gasteiger charge is -2.43. The number of likely N-dealkylation sites (tertiary alicyclic amines) is 1. The molecule has 0 spiro atoms. The van der Waals surface area contributed by atoms with E-state index in [1.165, 1.54) is 0 Å². The number of benzene rings is 1. The quantitative estimate of drug-likeness (QED) is 0.872. The van der Waals surface area contributed by atoms with Crippen LogP contribution in [0, 0.1) is 0 Å². The Morgan fingerprint density at radius 1 is 1.13 bits per heavy atom. The Kier molecular flexibility index (Phi) is 5.05. The maximum Gasteiger partial charge on any atom is 0.240 e. The van der Waals surface area contributed by atoms with Crippen molar-refractivity contribution >= 4 is 27.7 Å². The molecule has 5 heteroatoms. The minimum Gasteiger partial charge on any atom is -0.345 e. The van der Waals surface area contributed by atoms with Gasteiger partial charge in [-0.3, -0.25) is 9.59 Å². The Balaban J connectivity index is 1.65. The van der Waals surface area contributed by atoms with Crippen LogP contribution < -0.4 is 5.32 Å². The van der Waals surface area contributed by atoms with Gasteiger partial charge in [-0.15, -0.1) is 0 Å². The number of nitrogens with one attached hydrogen (secondary N) is 1. The van der Waals surface area contributed by atoms with Crippen molar-refractivity contribution in [2.45, 2.75) is 50.5 Å². The molecule has 0 radical (unpaired) electrons. The summed E-state index contributed by atoms with van der Waals surface area (Å²) in [4.78, 5) is 26.3. The van der Waals surface area contributed by atoms with E-state index in [1.807, 2.05) is 12.1 Å². The van der Waals surface area contributed by atoms with Gasteiger partial charge in [0, 0.05) is 17.4 Å². The van der Waals surface area contributed by atoms with E-state index in [-0.39, 0.29) is 23.9 Å². The average Bonchev–Trinajstić information content (AvgIpc) is 2.69. The summed E-state index contributed by atoms with van der Waals surface area (Å²) in [7, 11) is 0. The molecule has 2 aliphatic rings. The van der Waals surface area contributed by atoms with Crippen molar-refractivity contribution in [1.82, 2.24) is 10.2 Å². The zero-order valence-electron chi connectivity index (χ0n) is 13.3. The zero-order valence-corrected chi connectivity index (χ0v) is 14.9. The van der Waals surface area contributed by atoms with Crippen LogP contribution in [-0.2, 0) is 15.1 Å². The highest BCUT2D eigenvalue weighted by Gasteiger charge is 2.40. The van der Waals surface area contributed by atoms with Gasteiger partial charge in [-0.1, -0.05) is 34.5 Å². The Morgan fingerprint density at radius 2 is 1.87 bits per heavy atom. The van der Waals surface area contributed by atoms with Crippen molar-refractivity contribution in [2.24, 2.45) is 0 Å². The first kappa shape index (κ1) is 16.5. The predicted molar refractivity (Wildman–Crippen MR) is 92.9 cm³/mol. The van der Waals surface area contributed by atoms with Crippen LogP contribution in [0.25, 0.3) is 0 Å². The lowest BCUT2D eigenvalue weighted by Crippen LogP contribution is -2.53. The first-order chi connectivity index (χ1) is 11.1. The molecule has 2 amide bonds. The maximum absolute atomic E-state index is 12.5. The molecule has 1 aromatic rings. The van der Waals surface area contributed by atoms with E-state index in [1.54, 1.807) is 4.90 Å². The van der Waals surface area contributed by atoms with E-state index in [0.29, 0.717) is 13.0 Å². The maximum atomic E-state index is 12.5.